The maximum Gasteiger partial charge on any atom is 0.120 e. The van der Waals surface area contributed by atoms with Crippen molar-refractivity contribution < 1.29 is 9.47 Å². The Balaban J connectivity index is 1.92. The van der Waals surface area contributed by atoms with Gasteiger partial charge in [0.1, 0.15) is 18.4 Å². The Kier molecular flexibility index (Phi) is 3.84. The Labute approximate surface area is 101 Å². The first-order valence-corrected chi connectivity index (χ1v) is 5.83. The highest BCUT2D eigenvalue weighted by molar-refractivity contribution is 5.56. The van der Waals surface area contributed by atoms with Crippen molar-refractivity contribution in [3.05, 3.63) is 23.8 Å². The fourth-order valence-electron chi connectivity index (χ4n) is 1.85. The molecule has 0 radical (unpaired) electrons. The third-order valence-electron chi connectivity index (χ3n) is 2.86. The summed E-state index contributed by atoms with van der Waals surface area (Å²) in [6.07, 6.45) is 3.54. The van der Waals surface area contributed by atoms with Crippen LogP contribution in [0, 0.1) is 11.3 Å². The molecule has 1 aliphatic rings. The van der Waals surface area contributed by atoms with E-state index in [0.717, 1.165) is 19.4 Å². The highest BCUT2D eigenvalue weighted by atomic mass is 16.5. The minimum Gasteiger partial charge on any atom is -0.491 e. The molecule has 1 fully saturated rings. The molecule has 1 unspecified atom stereocenters. The van der Waals surface area contributed by atoms with Crippen LogP contribution >= 0.6 is 0 Å². The molecule has 4 nitrogen and oxygen atoms in total. The number of benzene rings is 1. The molecule has 1 heterocycles. The Morgan fingerprint density at radius 2 is 2.35 bits per heavy atom. The molecule has 90 valence electrons. The van der Waals surface area contributed by atoms with Crippen LogP contribution in [-0.4, -0.2) is 19.3 Å². The normalized spacial score (nSPS) is 19.6. The molecular weight excluding hydrogens is 216 g/mol. The quantitative estimate of drug-likeness (QED) is 0.810. The highest BCUT2D eigenvalue weighted by Gasteiger charge is 2.14. The Morgan fingerprint density at radius 3 is 3.06 bits per heavy atom. The lowest BCUT2D eigenvalue weighted by Crippen LogP contribution is -2.25. The SMILES string of the molecule is N#Cc1cc(OCC2CCCCO2)ccc1N. The van der Waals surface area contributed by atoms with Crippen LogP contribution in [0.5, 0.6) is 5.75 Å². The second-order valence-corrected chi connectivity index (χ2v) is 4.16. The number of ether oxygens (including phenoxy) is 2. The minimum atomic E-state index is 0.173. The van der Waals surface area contributed by atoms with Gasteiger partial charge < -0.3 is 15.2 Å². The predicted octanol–water partition coefficient (Wildman–Crippen LogP) is 2.09. The van der Waals surface area contributed by atoms with Crippen molar-refractivity contribution in [3.63, 3.8) is 0 Å². The number of nitrogens with two attached hydrogens (primary N) is 1. The average Bonchev–Trinajstić information content (AvgIpc) is 2.39. The van der Waals surface area contributed by atoms with Crippen molar-refractivity contribution >= 4 is 5.69 Å². The van der Waals surface area contributed by atoms with Gasteiger partial charge in [0.05, 0.1) is 11.7 Å². The van der Waals surface area contributed by atoms with Gasteiger partial charge in [-0.3, -0.25) is 0 Å². The van der Waals surface area contributed by atoms with Crippen molar-refractivity contribution in [2.75, 3.05) is 18.9 Å². The van der Waals surface area contributed by atoms with Gasteiger partial charge in [0.25, 0.3) is 0 Å². The monoisotopic (exact) mass is 232 g/mol. The molecule has 0 bridgehead atoms. The number of nitriles is 1. The predicted molar refractivity (Wildman–Crippen MR) is 64.7 cm³/mol. The molecule has 0 aliphatic carbocycles. The van der Waals surface area contributed by atoms with E-state index in [1.54, 1.807) is 18.2 Å². The lowest BCUT2D eigenvalue weighted by Gasteiger charge is -2.22. The van der Waals surface area contributed by atoms with Crippen LogP contribution in [0.2, 0.25) is 0 Å². The molecule has 0 amide bonds. The molecule has 1 atom stereocenters. The maximum atomic E-state index is 8.85. The first-order valence-electron chi connectivity index (χ1n) is 5.83. The fraction of sp³-hybridized carbons (Fsp3) is 0.462. The summed E-state index contributed by atoms with van der Waals surface area (Å²) in [5.74, 6) is 0.671. The molecule has 2 rings (SSSR count). The van der Waals surface area contributed by atoms with E-state index in [4.69, 9.17) is 20.5 Å². The number of rotatable bonds is 3. The van der Waals surface area contributed by atoms with Crippen LogP contribution in [0.4, 0.5) is 5.69 Å². The Hall–Kier alpha value is -1.73. The first-order chi connectivity index (χ1) is 8.29. The molecule has 1 aliphatic heterocycles. The summed E-state index contributed by atoms with van der Waals surface area (Å²) in [5.41, 5.74) is 6.57. The third-order valence-corrected chi connectivity index (χ3v) is 2.86. The summed E-state index contributed by atoms with van der Waals surface area (Å²) >= 11 is 0. The van der Waals surface area contributed by atoms with E-state index in [1.165, 1.54) is 6.42 Å². The zero-order valence-corrected chi connectivity index (χ0v) is 9.69. The van der Waals surface area contributed by atoms with Crippen LogP contribution in [0.25, 0.3) is 0 Å². The molecule has 17 heavy (non-hydrogen) atoms. The van der Waals surface area contributed by atoms with E-state index in [2.05, 4.69) is 0 Å². The number of nitrogens with zero attached hydrogens (tertiary/aromatic N) is 1. The largest absolute Gasteiger partial charge is 0.491 e. The van der Waals surface area contributed by atoms with Crippen molar-refractivity contribution in [1.29, 1.82) is 5.26 Å². The van der Waals surface area contributed by atoms with Crippen molar-refractivity contribution in [2.45, 2.75) is 25.4 Å². The van der Waals surface area contributed by atoms with Crippen molar-refractivity contribution in [1.82, 2.24) is 0 Å². The van der Waals surface area contributed by atoms with Crippen LogP contribution in [0.15, 0.2) is 18.2 Å². The van der Waals surface area contributed by atoms with E-state index < -0.39 is 0 Å². The smallest absolute Gasteiger partial charge is 0.120 e. The molecule has 1 aromatic rings. The Bertz CT molecular complexity index is 420. The standard InChI is InChI=1S/C13H16N2O2/c14-8-10-7-11(4-5-13(10)15)17-9-12-3-1-2-6-16-12/h4-5,7,12H,1-3,6,9,15H2. The number of anilines is 1. The lowest BCUT2D eigenvalue weighted by molar-refractivity contribution is -0.0110. The second-order valence-electron chi connectivity index (χ2n) is 4.16. The summed E-state index contributed by atoms with van der Waals surface area (Å²) in [6, 6.07) is 7.17. The zero-order chi connectivity index (χ0) is 12.1. The highest BCUT2D eigenvalue weighted by Crippen LogP contribution is 2.20. The molecule has 1 saturated heterocycles. The van der Waals surface area contributed by atoms with Crippen LogP contribution in [0.1, 0.15) is 24.8 Å². The van der Waals surface area contributed by atoms with Gasteiger partial charge in [-0.15, -0.1) is 0 Å². The summed E-state index contributed by atoms with van der Waals surface area (Å²) < 4.78 is 11.2. The summed E-state index contributed by atoms with van der Waals surface area (Å²) in [5, 5.41) is 8.85. The Morgan fingerprint density at radius 1 is 1.47 bits per heavy atom. The molecule has 4 heteroatoms. The van der Waals surface area contributed by atoms with Gasteiger partial charge in [-0.1, -0.05) is 0 Å². The topological polar surface area (TPSA) is 68.3 Å². The van der Waals surface area contributed by atoms with Gasteiger partial charge >= 0.3 is 0 Å². The van der Waals surface area contributed by atoms with Gasteiger partial charge in [0.15, 0.2) is 0 Å². The summed E-state index contributed by atoms with van der Waals surface area (Å²) in [6.45, 7) is 1.36. The van der Waals surface area contributed by atoms with Crippen LogP contribution in [0.3, 0.4) is 0 Å². The molecule has 0 aromatic heterocycles. The van der Waals surface area contributed by atoms with E-state index >= 15 is 0 Å². The second kappa shape index (κ2) is 5.55. The minimum absolute atomic E-state index is 0.173. The molecule has 1 aromatic carbocycles. The fourth-order valence-corrected chi connectivity index (χ4v) is 1.85. The number of hydrogen-bond acceptors (Lipinski definition) is 4. The van der Waals surface area contributed by atoms with E-state index in [9.17, 15) is 0 Å². The number of nitrogen functional groups attached to an aromatic ring is 1. The number of hydrogen-bond donors (Lipinski definition) is 1. The molecule has 2 N–H and O–H groups in total. The van der Waals surface area contributed by atoms with E-state index in [0.29, 0.717) is 23.6 Å². The van der Waals surface area contributed by atoms with Crippen molar-refractivity contribution in [2.24, 2.45) is 0 Å². The first kappa shape index (κ1) is 11.7. The van der Waals surface area contributed by atoms with Crippen LogP contribution in [-0.2, 0) is 4.74 Å². The van der Waals surface area contributed by atoms with E-state index in [1.807, 2.05) is 6.07 Å². The average molecular weight is 232 g/mol. The van der Waals surface area contributed by atoms with Crippen LogP contribution < -0.4 is 10.5 Å². The van der Waals surface area contributed by atoms with E-state index in [-0.39, 0.29) is 6.10 Å². The molecule has 0 spiro atoms. The van der Waals surface area contributed by atoms with Gasteiger partial charge in [-0.2, -0.15) is 5.26 Å². The zero-order valence-electron chi connectivity index (χ0n) is 9.69. The summed E-state index contributed by atoms with van der Waals surface area (Å²) in [7, 11) is 0. The van der Waals surface area contributed by atoms with Gasteiger partial charge in [-0.25, -0.2) is 0 Å². The molecular formula is C13H16N2O2. The van der Waals surface area contributed by atoms with Crippen molar-refractivity contribution in [3.8, 4) is 11.8 Å². The van der Waals surface area contributed by atoms with Gasteiger partial charge in [0, 0.05) is 12.3 Å². The summed E-state index contributed by atoms with van der Waals surface area (Å²) in [4.78, 5) is 0. The molecule has 0 saturated carbocycles. The maximum absolute atomic E-state index is 8.85. The van der Waals surface area contributed by atoms with Gasteiger partial charge in [-0.05, 0) is 37.5 Å². The van der Waals surface area contributed by atoms with Gasteiger partial charge in [0.2, 0.25) is 0 Å². The lowest BCUT2D eigenvalue weighted by atomic mass is 10.1. The third kappa shape index (κ3) is 3.11.